The summed E-state index contributed by atoms with van der Waals surface area (Å²) in [6.07, 6.45) is 10.3. The van der Waals surface area contributed by atoms with Crippen LogP contribution in [0.3, 0.4) is 0 Å². The number of benzene rings is 3. The molecule has 0 spiro atoms. The van der Waals surface area contributed by atoms with Crippen molar-refractivity contribution >= 4 is 11.0 Å². The zero-order valence-electron chi connectivity index (χ0n) is 19.4. The summed E-state index contributed by atoms with van der Waals surface area (Å²) < 4.78 is 20.8. The number of unbranched alkanes of at least 4 members (excludes halogenated alkanes) is 7. The van der Waals surface area contributed by atoms with E-state index >= 15 is 0 Å². The maximum absolute atomic E-state index is 14.9. The fourth-order valence-corrected chi connectivity index (χ4v) is 4.14. The van der Waals surface area contributed by atoms with Crippen LogP contribution in [0.25, 0.3) is 33.5 Å². The summed E-state index contributed by atoms with van der Waals surface area (Å²) in [4.78, 5) is 7.70. The lowest BCUT2D eigenvalue weighted by molar-refractivity contribution is 0.304. The Morgan fingerprint density at radius 3 is 2.21 bits per heavy atom. The molecule has 1 N–H and O–H groups in total. The fraction of sp³-hybridized carbons (Fsp3) is 0.345. The summed E-state index contributed by atoms with van der Waals surface area (Å²) in [5, 5.41) is 0. The number of rotatable bonds is 12. The molecule has 4 aromatic rings. The molecule has 0 aliphatic rings. The molecular weight excluding hydrogens is 411 g/mol. The normalized spacial score (nSPS) is 11.2. The molecule has 0 radical (unpaired) electrons. The lowest BCUT2D eigenvalue weighted by Crippen LogP contribution is -1.97. The van der Waals surface area contributed by atoms with Crippen LogP contribution >= 0.6 is 0 Å². The van der Waals surface area contributed by atoms with Gasteiger partial charge in [0, 0.05) is 0 Å². The van der Waals surface area contributed by atoms with Gasteiger partial charge in [0.15, 0.2) is 0 Å². The van der Waals surface area contributed by atoms with Crippen molar-refractivity contribution in [3.8, 4) is 28.3 Å². The maximum atomic E-state index is 14.9. The number of halogens is 1. The predicted octanol–water partition coefficient (Wildman–Crippen LogP) is 8.56. The summed E-state index contributed by atoms with van der Waals surface area (Å²) in [5.74, 6) is 1.12. The number of para-hydroxylation sites is 2. The quantitative estimate of drug-likeness (QED) is 0.222. The Kier molecular flexibility index (Phi) is 8.13. The monoisotopic (exact) mass is 444 g/mol. The summed E-state index contributed by atoms with van der Waals surface area (Å²) in [6.45, 7) is 3.00. The van der Waals surface area contributed by atoms with Gasteiger partial charge in [-0.15, -0.1) is 0 Å². The van der Waals surface area contributed by atoms with Crippen molar-refractivity contribution in [2.45, 2.75) is 58.3 Å². The maximum Gasteiger partial charge on any atom is 0.141 e. The number of nitrogens with one attached hydrogen (secondary N) is 1. The number of nitrogens with zero attached hydrogens (tertiary/aromatic N) is 1. The zero-order valence-corrected chi connectivity index (χ0v) is 19.4. The van der Waals surface area contributed by atoms with Crippen LogP contribution in [0.15, 0.2) is 66.7 Å². The number of imidazole rings is 1. The number of hydrogen-bond acceptors (Lipinski definition) is 2. The van der Waals surface area contributed by atoms with Crippen molar-refractivity contribution in [1.29, 1.82) is 0 Å². The van der Waals surface area contributed by atoms with Crippen molar-refractivity contribution in [2.75, 3.05) is 6.61 Å². The van der Waals surface area contributed by atoms with Gasteiger partial charge in [-0.3, -0.25) is 0 Å². The standard InChI is InChI=1S/C29H33FN2O/c1-2-3-4-5-6-7-8-11-20-33-24-17-14-22(15-18-24)23-16-19-25(26(30)21-23)29-31-27-12-9-10-13-28(27)32-29/h9-10,12-19,21H,2-8,11,20H2,1H3,(H,31,32). The molecule has 0 unspecified atom stereocenters. The van der Waals surface area contributed by atoms with E-state index in [2.05, 4.69) is 16.9 Å². The predicted molar refractivity (Wildman–Crippen MR) is 135 cm³/mol. The first kappa shape index (κ1) is 23.0. The van der Waals surface area contributed by atoms with E-state index in [-0.39, 0.29) is 5.82 Å². The minimum absolute atomic E-state index is 0.290. The summed E-state index contributed by atoms with van der Waals surface area (Å²) in [5.41, 5.74) is 4.00. The first-order chi connectivity index (χ1) is 16.2. The molecular formula is C29H33FN2O. The largest absolute Gasteiger partial charge is 0.494 e. The van der Waals surface area contributed by atoms with Crippen LogP contribution in [0, 0.1) is 5.82 Å². The molecule has 172 valence electrons. The smallest absolute Gasteiger partial charge is 0.141 e. The Hall–Kier alpha value is -3.14. The van der Waals surface area contributed by atoms with E-state index < -0.39 is 0 Å². The van der Waals surface area contributed by atoms with E-state index in [1.54, 1.807) is 12.1 Å². The Bertz CT molecular complexity index is 1120. The molecule has 1 aromatic heterocycles. The molecule has 0 aliphatic carbocycles. The Labute approximate surface area is 196 Å². The summed E-state index contributed by atoms with van der Waals surface area (Å²) in [7, 11) is 0. The van der Waals surface area contributed by atoms with Crippen LogP contribution in [0.1, 0.15) is 58.3 Å². The summed E-state index contributed by atoms with van der Waals surface area (Å²) >= 11 is 0. The Balaban J connectivity index is 1.29. The van der Waals surface area contributed by atoms with Crippen LogP contribution in [-0.2, 0) is 0 Å². The van der Waals surface area contributed by atoms with E-state index in [0.717, 1.165) is 40.9 Å². The number of H-pyrrole nitrogens is 1. The van der Waals surface area contributed by atoms with E-state index in [0.29, 0.717) is 11.4 Å². The second kappa shape index (κ2) is 11.6. The molecule has 3 nitrogen and oxygen atoms in total. The average Bonchev–Trinajstić information content (AvgIpc) is 3.27. The topological polar surface area (TPSA) is 37.9 Å². The lowest BCUT2D eigenvalue weighted by Gasteiger charge is -2.08. The molecule has 0 fully saturated rings. The molecule has 0 atom stereocenters. The van der Waals surface area contributed by atoms with Gasteiger partial charge in [-0.25, -0.2) is 9.37 Å². The van der Waals surface area contributed by atoms with Gasteiger partial charge in [-0.1, -0.05) is 82.2 Å². The van der Waals surface area contributed by atoms with Gasteiger partial charge >= 0.3 is 0 Å². The van der Waals surface area contributed by atoms with Crippen LogP contribution in [0.5, 0.6) is 5.75 Å². The van der Waals surface area contributed by atoms with Gasteiger partial charge < -0.3 is 9.72 Å². The van der Waals surface area contributed by atoms with Gasteiger partial charge in [-0.05, 0) is 53.9 Å². The molecule has 33 heavy (non-hydrogen) atoms. The SMILES string of the molecule is CCCCCCCCCCOc1ccc(-c2ccc(-c3nc4ccccc4[nH]3)c(F)c2)cc1. The average molecular weight is 445 g/mol. The molecule has 4 heteroatoms. The third kappa shape index (κ3) is 6.22. The summed E-state index contributed by atoms with van der Waals surface area (Å²) in [6, 6.07) is 20.9. The highest BCUT2D eigenvalue weighted by Crippen LogP contribution is 2.29. The highest BCUT2D eigenvalue weighted by molar-refractivity contribution is 5.80. The van der Waals surface area contributed by atoms with Gasteiger partial charge in [0.1, 0.15) is 17.4 Å². The van der Waals surface area contributed by atoms with E-state index in [4.69, 9.17) is 4.74 Å². The Morgan fingerprint density at radius 1 is 0.788 bits per heavy atom. The van der Waals surface area contributed by atoms with Crippen molar-refractivity contribution < 1.29 is 9.13 Å². The van der Waals surface area contributed by atoms with E-state index in [1.807, 2.05) is 54.6 Å². The molecule has 0 saturated heterocycles. The van der Waals surface area contributed by atoms with E-state index in [9.17, 15) is 4.39 Å². The van der Waals surface area contributed by atoms with Crippen molar-refractivity contribution in [3.05, 3.63) is 72.5 Å². The third-order valence-electron chi connectivity index (χ3n) is 6.07. The van der Waals surface area contributed by atoms with Crippen molar-refractivity contribution in [1.82, 2.24) is 9.97 Å². The number of aromatic amines is 1. The number of ether oxygens (including phenoxy) is 1. The number of fused-ring (bicyclic) bond motifs is 1. The third-order valence-corrected chi connectivity index (χ3v) is 6.07. The van der Waals surface area contributed by atoms with Gasteiger partial charge in [0.25, 0.3) is 0 Å². The van der Waals surface area contributed by atoms with Crippen LogP contribution < -0.4 is 4.74 Å². The number of aromatic nitrogens is 2. The van der Waals surface area contributed by atoms with Crippen LogP contribution in [-0.4, -0.2) is 16.6 Å². The van der Waals surface area contributed by atoms with Gasteiger partial charge in [0.2, 0.25) is 0 Å². The van der Waals surface area contributed by atoms with Gasteiger partial charge in [-0.2, -0.15) is 0 Å². The van der Waals surface area contributed by atoms with Gasteiger partial charge in [0.05, 0.1) is 23.2 Å². The highest BCUT2D eigenvalue weighted by atomic mass is 19.1. The molecule has 4 rings (SSSR count). The zero-order chi connectivity index (χ0) is 22.9. The molecule has 0 aliphatic heterocycles. The lowest BCUT2D eigenvalue weighted by atomic mass is 10.0. The highest BCUT2D eigenvalue weighted by Gasteiger charge is 2.11. The van der Waals surface area contributed by atoms with Crippen molar-refractivity contribution in [2.24, 2.45) is 0 Å². The molecule has 3 aromatic carbocycles. The van der Waals surface area contributed by atoms with Crippen LogP contribution in [0.2, 0.25) is 0 Å². The molecule has 0 amide bonds. The minimum Gasteiger partial charge on any atom is -0.494 e. The van der Waals surface area contributed by atoms with Crippen molar-refractivity contribution in [3.63, 3.8) is 0 Å². The molecule has 0 saturated carbocycles. The Morgan fingerprint density at radius 2 is 1.48 bits per heavy atom. The number of hydrogen-bond donors (Lipinski definition) is 1. The second-order valence-corrected chi connectivity index (χ2v) is 8.64. The first-order valence-corrected chi connectivity index (χ1v) is 12.2. The van der Waals surface area contributed by atoms with Crippen LogP contribution in [0.4, 0.5) is 4.39 Å². The minimum atomic E-state index is -0.290. The molecule has 1 heterocycles. The fourth-order valence-electron chi connectivity index (χ4n) is 4.14. The molecule has 0 bridgehead atoms. The first-order valence-electron chi connectivity index (χ1n) is 12.2. The second-order valence-electron chi connectivity index (χ2n) is 8.64. The van der Waals surface area contributed by atoms with E-state index in [1.165, 1.54) is 44.9 Å².